The third kappa shape index (κ3) is 5.39. The molecule has 4 rings (SSSR count). The van der Waals surface area contributed by atoms with Crippen LogP contribution in [0.1, 0.15) is 34.0 Å². The van der Waals surface area contributed by atoms with Crippen LogP contribution in [0.4, 0.5) is 8.78 Å². The highest BCUT2D eigenvalue weighted by Crippen LogP contribution is 2.30. The van der Waals surface area contributed by atoms with Crippen molar-refractivity contribution in [1.82, 2.24) is 19.8 Å². The van der Waals surface area contributed by atoms with Crippen LogP contribution in [0.5, 0.6) is 5.75 Å². The molecule has 0 aliphatic carbocycles. The minimum atomic E-state index is -1.34. The zero-order chi connectivity index (χ0) is 25.3. The summed E-state index contributed by atoms with van der Waals surface area (Å²) < 4.78 is 34.6. The van der Waals surface area contributed by atoms with Gasteiger partial charge in [0.25, 0.3) is 5.91 Å². The lowest BCUT2D eigenvalue weighted by Crippen LogP contribution is -2.47. The van der Waals surface area contributed by atoms with Crippen molar-refractivity contribution in [3.8, 4) is 5.75 Å². The SMILES string of the molecule is Cc1nc(C2=C(N)CN(C(=O)c3ccc(F)cc3O[C@@H]3CCN(CCO)C[C@H]3F)C2)nc(C)c1Cl. The van der Waals surface area contributed by atoms with Crippen LogP contribution >= 0.6 is 11.6 Å². The van der Waals surface area contributed by atoms with Gasteiger partial charge >= 0.3 is 0 Å². The van der Waals surface area contributed by atoms with Gasteiger partial charge in [0.15, 0.2) is 5.82 Å². The largest absolute Gasteiger partial charge is 0.486 e. The first kappa shape index (κ1) is 25.3. The van der Waals surface area contributed by atoms with Crippen LogP contribution in [0, 0.1) is 19.7 Å². The summed E-state index contributed by atoms with van der Waals surface area (Å²) in [6, 6.07) is 3.60. The molecule has 1 amide bonds. The van der Waals surface area contributed by atoms with E-state index in [1.54, 1.807) is 18.7 Å². The van der Waals surface area contributed by atoms with Gasteiger partial charge in [-0.05, 0) is 32.4 Å². The summed E-state index contributed by atoms with van der Waals surface area (Å²) in [4.78, 5) is 25.5. The number of carbonyl (C=O) groups excluding carboxylic acids is 1. The van der Waals surface area contributed by atoms with E-state index in [1.807, 2.05) is 0 Å². The number of aryl methyl sites for hydroxylation is 2. The molecule has 0 bridgehead atoms. The molecular formula is C24H28ClF2N5O3. The van der Waals surface area contributed by atoms with Crippen molar-refractivity contribution in [2.75, 3.05) is 39.3 Å². The predicted octanol–water partition coefficient (Wildman–Crippen LogP) is 2.50. The molecule has 3 heterocycles. The molecule has 1 aromatic heterocycles. The number of carbonyl (C=O) groups is 1. The highest BCUT2D eigenvalue weighted by atomic mass is 35.5. The molecule has 2 atom stereocenters. The number of nitrogens with two attached hydrogens (primary N) is 1. The third-order valence-corrected chi connectivity index (χ3v) is 6.82. The van der Waals surface area contributed by atoms with E-state index in [0.29, 0.717) is 53.0 Å². The van der Waals surface area contributed by atoms with Crippen molar-refractivity contribution in [1.29, 1.82) is 0 Å². The highest BCUT2D eigenvalue weighted by molar-refractivity contribution is 6.31. The number of halogens is 3. The number of β-amino-alcohol motifs (C(OH)–C–C–N with tert-alkyl or cyclic N) is 1. The molecule has 0 radical (unpaired) electrons. The second-order valence-corrected chi connectivity index (χ2v) is 9.20. The van der Waals surface area contributed by atoms with Gasteiger partial charge in [-0.3, -0.25) is 9.69 Å². The van der Waals surface area contributed by atoms with Crippen molar-refractivity contribution in [2.24, 2.45) is 5.73 Å². The molecule has 1 aromatic carbocycles. The van der Waals surface area contributed by atoms with Gasteiger partial charge in [-0.1, -0.05) is 11.6 Å². The van der Waals surface area contributed by atoms with Gasteiger partial charge in [0.05, 0.1) is 41.7 Å². The lowest BCUT2D eigenvalue weighted by molar-refractivity contribution is 0.0159. The maximum absolute atomic E-state index is 14.7. The summed E-state index contributed by atoms with van der Waals surface area (Å²) in [6.45, 7) is 4.77. The average Bonchev–Trinajstić information content (AvgIpc) is 3.20. The second kappa shape index (κ2) is 10.4. The van der Waals surface area contributed by atoms with Gasteiger partial charge in [0.2, 0.25) is 0 Å². The number of aromatic nitrogens is 2. The molecule has 188 valence electrons. The Morgan fingerprint density at radius 1 is 1.29 bits per heavy atom. The number of piperidine rings is 1. The minimum absolute atomic E-state index is 0.0142. The van der Waals surface area contributed by atoms with E-state index in [1.165, 1.54) is 17.0 Å². The Bertz CT molecular complexity index is 1140. The van der Waals surface area contributed by atoms with Gasteiger partial charge in [-0.15, -0.1) is 0 Å². The third-order valence-electron chi connectivity index (χ3n) is 6.27. The van der Waals surface area contributed by atoms with Crippen LogP contribution in [-0.4, -0.2) is 82.4 Å². The van der Waals surface area contributed by atoms with Crippen LogP contribution in [0.2, 0.25) is 5.02 Å². The van der Waals surface area contributed by atoms with Gasteiger partial charge in [0.1, 0.15) is 23.8 Å². The van der Waals surface area contributed by atoms with Crippen LogP contribution in [0.25, 0.3) is 5.57 Å². The molecule has 2 aliphatic heterocycles. The Kier molecular flexibility index (Phi) is 7.53. The monoisotopic (exact) mass is 507 g/mol. The number of rotatable bonds is 6. The van der Waals surface area contributed by atoms with Crippen LogP contribution in [-0.2, 0) is 0 Å². The predicted molar refractivity (Wildman–Crippen MR) is 127 cm³/mol. The first-order valence-electron chi connectivity index (χ1n) is 11.4. The van der Waals surface area contributed by atoms with Gasteiger partial charge in [-0.25, -0.2) is 18.7 Å². The summed E-state index contributed by atoms with van der Waals surface area (Å²) in [7, 11) is 0. The second-order valence-electron chi connectivity index (χ2n) is 8.82. The van der Waals surface area contributed by atoms with E-state index in [2.05, 4.69) is 9.97 Å². The van der Waals surface area contributed by atoms with Crippen LogP contribution < -0.4 is 10.5 Å². The van der Waals surface area contributed by atoms with E-state index in [0.717, 1.165) is 6.07 Å². The summed E-state index contributed by atoms with van der Waals surface area (Å²) in [5, 5.41) is 9.55. The zero-order valence-corrected chi connectivity index (χ0v) is 20.4. The number of hydrogen-bond acceptors (Lipinski definition) is 7. The molecule has 3 N–H and O–H groups in total. The molecule has 2 aliphatic rings. The van der Waals surface area contributed by atoms with Gasteiger partial charge < -0.3 is 20.5 Å². The molecule has 11 heteroatoms. The number of hydrogen-bond donors (Lipinski definition) is 2. The number of aliphatic hydroxyl groups is 1. The number of aliphatic hydroxyl groups excluding tert-OH is 1. The number of alkyl halides is 1. The zero-order valence-electron chi connectivity index (χ0n) is 19.6. The van der Waals surface area contributed by atoms with Gasteiger partial charge in [0, 0.05) is 37.0 Å². The van der Waals surface area contributed by atoms with E-state index in [4.69, 9.17) is 27.2 Å². The molecule has 2 aromatic rings. The Hall–Kier alpha value is -2.82. The number of nitrogens with zero attached hydrogens (tertiary/aromatic N) is 4. The lowest BCUT2D eigenvalue weighted by atomic mass is 10.1. The molecule has 35 heavy (non-hydrogen) atoms. The van der Waals surface area contributed by atoms with Crippen molar-refractivity contribution in [3.05, 3.63) is 57.5 Å². The molecule has 0 saturated carbocycles. The standard InChI is InChI=1S/C24H28ClF2N5O3/c1-13-22(25)14(2)30-23(29-13)17-10-32(12-19(17)28)24(34)16-4-3-15(26)9-21(16)35-20-5-6-31(7-8-33)11-18(20)27/h3-4,9,18,20,33H,5-8,10-12,28H2,1-2H3/t18-,20-/m1/s1. The topological polar surface area (TPSA) is 105 Å². The average molecular weight is 508 g/mol. The lowest BCUT2D eigenvalue weighted by Gasteiger charge is -2.34. The fraction of sp³-hybridized carbons (Fsp3) is 0.458. The van der Waals surface area contributed by atoms with E-state index in [9.17, 15) is 13.6 Å². The molecular weight excluding hydrogens is 480 g/mol. The quantitative estimate of drug-likeness (QED) is 0.619. The Morgan fingerprint density at radius 3 is 2.66 bits per heavy atom. The fourth-order valence-electron chi connectivity index (χ4n) is 4.37. The number of likely N-dealkylation sites (tertiary alicyclic amines) is 1. The Balaban J connectivity index is 1.52. The van der Waals surface area contributed by atoms with Crippen LogP contribution in [0.3, 0.4) is 0 Å². The molecule has 0 unspecified atom stereocenters. The number of ether oxygens (including phenoxy) is 1. The first-order chi connectivity index (χ1) is 16.7. The smallest absolute Gasteiger partial charge is 0.258 e. The maximum Gasteiger partial charge on any atom is 0.258 e. The van der Waals surface area contributed by atoms with E-state index < -0.39 is 24.0 Å². The molecule has 8 nitrogen and oxygen atoms in total. The van der Waals surface area contributed by atoms with Crippen molar-refractivity contribution in [3.63, 3.8) is 0 Å². The normalized spacial score (nSPS) is 21.0. The van der Waals surface area contributed by atoms with Gasteiger partial charge in [-0.2, -0.15) is 0 Å². The first-order valence-corrected chi connectivity index (χ1v) is 11.8. The van der Waals surface area contributed by atoms with Crippen molar-refractivity contribution >= 4 is 23.1 Å². The molecule has 1 fully saturated rings. The van der Waals surface area contributed by atoms with E-state index in [-0.39, 0.29) is 37.6 Å². The van der Waals surface area contributed by atoms with E-state index >= 15 is 0 Å². The fourth-order valence-corrected chi connectivity index (χ4v) is 4.46. The highest BCUT2D eigenvalue weighted by Gasteiger charge is 2.33. The maximum atomic E-state index is 14.7. The minimum Gasteiger partial charge on any atom is -0.486 e. The summed E-state index contributed by atoms with van der Waals surface area (Å²) in [5.74, 6) is -0.624. The summed E-state index contributed by atoms with van der Waals surface area (Å²) in [5.41, 5.74) is 8.64. The van der Waals surface area contributed by atoms with Crippen LogP contribution in [0.15, 0.2) is 23.9 Å². The Morgan fingerprint density at radius 2 is 2.00 bits per heavy atom. The molecule has 1 saturated heterocycles. The summed E-state index contributed by atoms with van der Waals surface area (Å²) >= 11 is 6.17. The summed E-state index contributed by atoms with van der Waals surface area (Å²) in [6.07, 6.45) is -1.82. The number of amides is 1. The Labute approximate surface area is 207 Å². The molecule has 0 spiro atoms. The van der Waals surface area contributed by atoms with Crippen molar-refractivity contribution in [2.45, 2.75) is 32.5 Å². The van der Waals surface area contributed by atoms with Crippen molar-refractivity contribution < 1.29 is 23.4 Å². The number of benzene rings is 1.